The number of benzene rings is 2. The van der Waals surface area contributed by atoms with Crippen LogP contribution in [0.4, 0.5) is 5.69 Å². The minimum absolute atomic E-state index is 0.404. The molecule has 0 amide bonds. The van der Waals surface area contributed by atoms with Crippen molar-refractivity contribution >= 4 is 5.69 Å². The predicted molar refractivity (Wildman–Crippen MR) is 87.5 cm³/mol. The molecule has 0 bridgehead atoms. The van der Waals surface area contributed by atoms with Crippen LogP contribution in [0.3, 0.4) is 0 Å². The second-order valence-corrected chi connectivity index (χ2v) is 5.73. The molecule has 1 unspecified atom stereocenters. The van der Waals surface area contributed by atoms with E-state index in [1.54, 1.807) is 7.11 Å². The third-order valence-electron chi connectivity index (χ3n) is 4.27. The first-order valence-corrected chi connectivity index (χ1v) is 7.79. The normalized spacial score (nSPS) is 17.9. The number of aryl methyl sites for hydroxylation is 1. The van der Waals surface area contributed by atoms with Crippen LogP contribution < -0.4 is 5.32 Å². The number of para-hydroxylation sites is 1. The molecule has 21 heavy (non-hydrogen) atoms. The fourth-order valence-corrected chi connectivity index (χ4v) is 3.20. The molecular weight excluding hydrogens is 258 g/mol. The van der Waals surface area contributed by atoms with Gasteiger partial charge in [0.2, 0.25) is 0 Å². The van der Waals surface area contributed by atoms with Gasteiger partial charge in [0.25, 0.3) is 0 Å². The van der Waals surface area contributed by atoms with Gasteiger partial charge in [0.1, 0.15) is 0 Å². The highest BCUT2D eigenvalue weighted by Gasteiger charge is 2.18. The Bertz CT molecular complexity index is 594. The van der Waals surface area contributed by atoms with Crippen LogP contribution >= 0.6 is 0 Å². The summed E-state index contributed by atoms with van der Waals surface area (Å²) in [4.78, 5) is 0. The molecule has 2 aromatic rings. The van der Waals surface area contributed by atoms with Gasteiger partial charge in [-0.15, -0.1) is 0 Å². The monoisotopic (exact) mass is 281 g/mol. The lowest BCUT2D eigenvalue weighted by Crippen LogP contribution is -2.12. The zero-order chi connectivity index (χ0) is 14.5. The van der Waals surface area contributed by atoms with Gasteiger partial charge in [-0.2, -0.15) is 0 Å². The van der Waals surface area contributed by atoms with E-state index in [1.165, 1.54) is 48.1 Å². The number of ether oxygens (including phenoxy) is 1. The lowest BCUT2D eigenvalue weighted by molar-refractivity contribution is 0.185. The van der Waals surface area contributed by atoms with Crippen LogP contribution in [0.5, 0.6) is 0 Å². The lowest BCUT2D eigenvalue weighted by Gasteiger charge is -2.22. The Morgan fingerprint density at radius 2 is 1.86 bits per heavy atom. The molecule has 2 nitrogen and oxygen atoms in total. The number of nitrogens with one attached hydrogen (secondary N) is 1. The molecule has 3 rings (SSSR count). The van der Waals surface area contributed by atoms with E-state index < -0.39 is 0 Å². The third-order valence-corrected chi connectivity index (χ3v) is 4.27. The van der Waals surface area contributed by atoms with Crippen molar-refractivity contribution in [1.29, 1.82) is 0 Å². The van der Waals surface area contributed by atoms with Crippen LogP contribution in [0.25, 0.3) is 0 Å². The summed E-state index contributed by atoms with van der Waals surface area (Å²) in [6, 6.07) is 17.7. The molecule has 110 valence electrons. The fourth-order valence-electron chi connectivity index (χ4n) is 3.20. The summed E-state index contributed by atoms with van der Waals surface area (Å²) in [6.07, 6.45) is 4.96. The van der Waals surface area contributed by atoms with Crippen molar-refractivity contribution in [2.75, 3.05) is 12.4 Å². The quantitative estimate of drug-likeness (QED) is 0.819. The van der Waals surface area contributed by atoms with Crippen LogP contribution in [-0.2, 0) is 17.8 Å². The maximum absolute atomic E-state index is 5.31. The highest BCUT2D eigenvalue weighted by molar-refractivity contribution is 5.53. The Morgan fingerprint density at radius 1 is 1.05 bits per heavy atom. The minimum Gasteiger partial charge on any atom is -0.380 e. The van der Waals surface area contributed by atoms with Gasteiger partial charge in [0.05, 0.1) is 12.6 Å². The first kappa shape index (κ1) is 14.2. The number of hydrogen-bond acceptors (Lipinski definition) is 2. The van der Waals surface area contributed by atoms with E-state index in [0.29, 0.717) is 12.6 Å². The topological polar surface area (TPSA) is 21.3 Å². The van der Waals surface area contributed by atoms with E-state index in [4.69, 9.17) is 4.74 Å². The van der Waals surface area contributed by atoms with E-state index in [1.807, 2.05) is 0 Å². The Morgan fingerprint density at radius 3 is 2.76 bits per heavy atom. The van der Waals surface area contributed by atoms with Gasteiger partial charge >= 0.3 is 0 Å². The molecule has 0 fully saturated rings. The summed E-state index contributed by atoms with van der Waals surface area (Å²) in [5.41, 5.74) is 5.38. The van der Waals surface area contributed by atoms with Gasteiger partial charge in [-0.1, -0.05) is 48.9 Å². The third kappa shape index (κ3) is 3.27. The van der Waals surface area contributed by atoms with Crippen LogP contribution in [0.2, 0.25) is 0 Å². The zero-order valence-corrected chi connectivity index (χ0v) is 12.6. The molecular formula is C19H23NO. The van der Waals surface area contributed by atoms with Crippen LogP contribution in [0.1, 0.15) is 42.0 Å². The molecule has 2 heteroatoms. The molecule has 0 spiro atoms. The highest BCUT2D eigenvalue weighted by Crippen LogP contribution is 2.32. The molecule has 2 aromatic carbocycles. The van der Waals surface area contributed by atoms with E-state index in [2.05, 4.69) is 53.8 Å². The smallest absolute Gasteiger partial charge is 0.0733 e. The van der Waals surface area contributed by atoms with Crippen molar-refractivity contribution in [3.05, 3.63) is 65.2 Å². The summed E-state index contributed by atoms with van der Waals surface area (Å²) in [6.45, 7) is 0.650. The maximum atomic E-state index is 5.31. The van der Waals surface area contributed by atoms with Gasteiger partial charge < -0.3 is 10.1 Å². The highest BCUT2D eigenvalue weighted by atomic mass is 16.5. The molecule has 0 aromatic heterocycles. The Kier molecular flexibility index (Phi) is 4.56. The average molecular weight is 281 g/mol. The standard InChI is InChI=1S/C19H23NO/c1-21-14-16-10-4-6-12-18(16)20-19-13-7-3-9-15-8-2-5-11-17(15)19/h2,4-6,8,10-12,19-20H,3,7,9,13-14H2,1H3. The summed E-state index contributed by atoms with van der Waals surface area (Å²) >= 11 is 0. The van der Waals surface area contributed by atoms with Crippen molar-refractivity contribution < 1.29 is 4.74 Å². The summed E-state index contributed by atoms with van der Waals surface area (Å²) in [5, 5.41) is 3.75. The fraction of sp³-hybridized carbons (Fsp3) is 0.368. The summed E-state index contributed by atoms with van der Waals surface area (Å²) in [5.74, 6) is 0. The van der Waals surface area contributed by atoms with E-state index in [9.17, 15) is 0 Å². The molecule has 0 saturated heterocycles. The largest absolute Gasteiger partial charge is 0.380 e. The van der Waals surface area contributed by atoms with Gasteiger partial charge in [0, 0.05) is 18.4 Å². The van der Waals surface area contributed by atoms with Crippen LogP contribution in [-0.4, -0.2) is 7.11 Å². The first-order chi connectivity index (χ1) is 10.4. The lowest BCUT2D eigenvalue weighted by atomic mass is 9.98. The number of fused-ring (bicyclic) bond motifs is 1. The zero-order valence-electron chi connectivity index (χ0n) is 12.6. The number of anilines is 1. The summed E-state index contributed by atoms with van der Waals surface area (Å²) < 4.78 is 5.31. The van der Waals surface area contributed by atoms with Crippen molar-refractivity contribution in [3.8, 4) is 0 Å². The second-order valence-electron chi connectivity index (χ2n) is 5.73. The van der Waals surface area contributed by atoms with E-state index in [-0.39, 0.29) is 0 Å². The minimum atomic E-state index is 0.404. The van der Waals surface area contributed by atoms with Crippen molar-refractivity contribution in [1.82, 2.24) is 0 Å². The van der Waals surface area contributed by atoms with Gasteiger partial charge in [-0.3, -0.25) is 0 Å². The van der Waals surface area contributed by atoms with E-state index in [0.717, 1.165) is 0 Å². The average Bonchev–Trinajstić information content (AvgIpc) is 2.72. The molecule has 1 atom stereocenters. The van der Waals surface area contributed by atoms with Crippen molar-refractivity contribution in [3.63, 3.8) is 0 Å². The maximum Gasteiger partial charge on any atom is 0.0733 e. The van der Waals surface area contributed by atoms with Crippen LogP contribution in [0.15, 0.2) is 48.5 Å². The second kappa shape index (κ2) is 6.77. The van der Waals surface area contributed by atoms with Gasteiger partial charge in [-0.05, 0) is 36.5 Å². The molecule has 0 heterocycles. The van der Waals surface area contributed by atoms with Crippen molar-refractivity contribution in [2.45, 2.75) is 38.3 Å². The van der Waals surface area contributed by atoms with Gasteiger partial charge in [0.15, 0.2) is 0 Å². The van der Waals surface area contributed by atoms with Crippen LogP contribution in [0, 0.1) is 0 Å². The Hall–Kier alpha value is -1.80. The molecule has 0 radical (unpaired) electrons. The number of hydrogen-bond donors (Lipinski definition) is 1. The van der Waals surface area contributed by atoms with Gasteiger partial charge in [-0.25, -0.2) is 0 Å². The first-order valence-electron chi connectivity index (χ1n) is 7.79. The van der Waals surface area contributed by atoms with Crippen molar-refractivity contribution in [2.24, 2.45) is 0 Å². The summed E-state index contributed by atoms with van der Waals surface area (Å²) in [7, 11) is 1.75. The Labute approximate surface area is 127 Å². The molecule has 1 aliphatic carbocycles. The van der Waals surface area contributed by atoms with E-state index >= 15 is 0 Å². The number of methoxy groups -OCH3 is 1. The molecule has 0 saturated carbocycles. The molecule has 0 aliphatic heterocycles. The Balaban J connectivity index is 1.88. The predicted octanol–water partition coefficient (Wildman–Crippen LogP) is 4.71. The number of rotatable bonds is 4. The molecule has 1 N–H and O–H groups in total. The molecule has 1 aliphatic rings. The SMILES string of the molecule is COCc1ccccc1NC1CCCCc2ccccc21.